The van der Waals surface area contributed by atoms with Gasteiger partial charge in [0.25, 0.3) is 0 Å². The van der Waals surface area contributed by atoms with E-state index in [9.17, 15) is 29.0 Å². The number of nitrogens with two attached hydrogens (primary N) is 1. The molecule has 1 aromatic heterocycles. The molecule has 0 bridgehead atoms. The van der Waals surface area contributed by atoms with Crippen LogP contribution in [0, 0.1) is 0 Å². The number of hydrogen-bond acceptors (Lipinski definition) is 9. The standard InChI is InChI=1S/C13H16FN7O7/c14-8-9(24)13(4-22,19-20-16)28-10(8)21-2-1-7(18-12(21)27)17-5(11(25)26)3-6(15)23/h1-2,5,8-10,22,24H,3-4H2,(H2,15,23)(H,25,26)(H,17,18,27)/t5-,8-,9?,10?,13+/m0/s1. The number of aliphatic hydroxyl groups is 2. The van der Waals surface area contributed by atoms with Crippen LogP contribution in [0.4, 0.5) is 10.2 Å². The molecular formula is C13H16FN7O7. The topological polar surface area (TPSA) is 226 Å². The van der Waals surface area contributed by atoms with Crippen LogP contribution in [0.1, 0.15) is 12.6 Å². The molecule has 0 radical (unpaired) electrons. The first-order valence-corrected chi connectivity index (χ1v) is 7.69. The molecule has 1 aliphatic rings. The van der Waals surface area contributed by atoms with Gasteiger partial charge in [-0.05, 0) is 11.6 Å². The Labute approximate surface area is 155 Å². The maximum atomic E-state index is 14.4. The highest BCUT2D eigenvalue weighted by molar-refractivity contribution is 5.85. The lowest BCUT2D eigenvalue weighted by Gasteiger charge is -2.23. The zero-order valence-electron chi connectivity index (χ0n) is 14.0. The Morgan fingerprint density at radius 3 is 2.79 bits per heavy atom. The molecule has 15 heteroatoms. The number of azide groups is 1. The fourth-order valence-corrected chi connectivity index (χ4v) is 2.55. The molecule has 5 atom stereocenters. The smallest absolute Gasteiger partial charge is 0.351 e. The zero-order valence-corrected chi connectivity index (χ0v) is 14.0. The van der Waals surface area contributed by atoms with Crippen LogP contribution >= 0.6 is 0 Å². The van der Waals surface area contributed by atoms with Crippen molar-refractivity contribution >= 4 is 17.7 Å². The predicted molar refractivity (Wildman–Crippen MR) is 87.3 cm³/mol. The number of nitrogens with one attached hydrogen (secondary N) is 1. The van der Waals surface area contributed by atoms with Crippen LogP contribution in [0.3, 0.4) is 0 Å². The summed E-state index contributed by atoms with van der Waals surface area (Å²) in [5, 5.41) is 33.6. The van der Waals surface area contributed by atoms with Crippen molar-refractivity contribution in [2.75, 3.05) is 11.9 Å². The van der Waals surface area contributed by atoms with Gasteiger partial charge in [-0.15, -0.1) is 0 Å². The third-order valence-corrected chi connectivity index (χ3v) is 3.93. The van der Waals surface area contributed by atoms with Gasteiger partial charge in [0.1, 0.15) is 18.0 Å². The third kappa shape index (κ3) is 4.01. The Hall–Kier alpha value is -3.26. The molecule has 14 nitrogen and oxygen atoms in total. The van der Waals surface area contributed by atoms with Gasteiger partial charge in [0.05, 0.1) is 13.0 Å². The number of hydrogen-bond donors (Lipinski definition) is 5. The first-order chi connectivity index (χ1) is 13.1. The van der Waals surface area contributed by atoms with Crippen molar-refractivity contribution in [3.63, 3.8) is 0 Å². The predicted octanol–water partition coefficient (Wildman–Crippen LogP) is -1.79. The van der Waals surface area contributed by atoms with Crippen LogP contribution in [-0.4, -0.2) is 67.4 Å². The van der Waals surface area contributed by atoms with Gasteiger partial charge in [0, 0.05) is 11.1 Å². The maximum absolute atomic E-state index is 14.4. The van der Waals surface area contributed by atoms with E-state index in [2.05, 4.69) is 20.3 Å². The summed E-state index contributed by atoms with van der Waals surface area (Å²) in [5.74, 6) is -2.56. The number of halogens is 1. The van der Waals surface area contributed by atoms with Gasteiger partial charge in [-0.1, -0.05) is 5.11 Å². The molecule has 2 rings (SSSR count). The Morgan fingerprint density at radius 1 is 1.61 bits per heavy atom. The number of aliphatic carboxylic acids is 1. The summed E-state index contributed by atoms with van der Waals surface area (Å²) < 4.78 is 20.1. The molecule has 1 fully saturated rings. The lowest BCUT2D eigenvalue weighted by Crippen LogP contribution is -2.43. The van der Waals surface area contributed by atoms with Crippen LogP contribution in [-0.2, 0) is 14.3 Å². The van der Waals surface area contributed by atoms with Crippen molar-refractivity contribution in [3.8, 4) is 0 Å². The Bertz CT molecular complexity index is 873. The van der Waals surface area contributed by atoms with E-state index in [0.717, 1.165) is 12.3 Å². The molecular weight excluding hydrogens is 385 g/mol. The van der Waals surface area contributed by atoms with Crippen LogP contribution < -0.4 is 16.7 Å². The summed E-state index contributed by atoms with van der Waals surface area (Å²) >= 11 is 0. The van der Waals surface area contributed by atoms with Crippen molar-refractivity contribution in [2.24, 2.45) is 10.8 Å². The van der Waals surface area contributed by atoms with Gasteiger partial charge in [-0.2, -0.15) is 4.98 Å². The van der Waals surface area contributed by atoms with Crippen molar-refractivity contribution in [2.45, 2.75) is 36.7 Å². The number of alkyl halides is 1. The van der Waals surface area contributed by atoms with Crippen LogP contribution in [0.15, 0.2) is 22.2 Å². The molecule has 1 aromatic rings. The van der Waals surface area contributed by atoms with Crippen molar-refractivity contribution in [1.82, 2.24) is 9.55 Å². The number of nitrogens with zero attached hydrogens (tertiary/aromatic N) is 5. The van der Waals surface area contributed by atoms with Crippen molar-refractivity contribution in [3.05, 3.63) is 33.2 Å². The quantitative estimate of drug-likeness (QED) is 0.188. The first kappa shape index (κ1) is 21.0. The Morgan fingerprint density at radius 2 is 2.29 bits per heavy atom. The number of rotatable bonds is 8. The summed E-state index contributed by atoms with van der Waals surface area (Å²) in [6.45, 7) is -1.05. The highest BCUT2D eigenvalue weighted by Gasteiger charge is 2.56. The second-order valence-corrected chi connectivity index (χ2v) is 5.80. The lowest BCUT2D eigenvalue weighted by molar-refractivity contribution is -0.139. The fourth-order valence-electron chi connectivity index (χ4n) is 2.55. The molecule has 2 heterocycles. The molecule has 2 unspecified atom stereocenters. The molecule has 0 spiro atoms. The number of carboxylic acid groups (broad SMARTS) is 1. The number of anilines is 1. The number of ether oxygens (including phenoxy) is 1. The fraction of sp³-hybridized carbons (Fsp3) is 0.538. The second-order valence-electron chi connectivity index (χ2n) is 5.80. The van der Waals surface area contributed by atoms with Crippen molar-refractivity contribution in [1.29, 1.82) is 0 Å². The number of carbonyl (C=O) groups excluding carboxylic acids is 1. The number of aliphatic hydroxyl groups excluding tert-OH is 2. The average molecular weight is 401 g/mol. The second kappa shape index (κ2) is 8.18. The molecule has 0 saturated carbocycles. The Kier molecular flexibility index (Phi) is 6.15. The van der Waals surface area contributed by atoms with Gasteiger partial charge in [0.15, 0.2) is 12.4 Å². The SMILES string of the molecule is [N-]=[N+]=N[C@]1(CO)OC(n2ccc(N[C@@H](CC(N)=O)C(=O)O)nc2=O)[C@@H](F)C1O. The van der Waals surface area contributed by atoms with E-state index in [1.807, 2.05) is 0 Å². The molecule has 6 N–H and O–H groups in total. The van der Waals surface area contributed by atoms with E-state index in [1.54, 1.807) is 0 Å². The number of carboxylic acids is 1. The number of amides is 1. The van der Waals surface area contributed by atoms with Gasteiger partial charge in [0.2, 0.25) is 11.6 Å². The van der Waals surface area contributed by atoms with Gasteiger partial charge < -0.3 is 31.1 Å². The molecule has 28 heavy (non-hydrogen) atoms. The summed E-state index contributed by atoms with van der Waals surface area (Å²) in [7, 11) is 0. The van der Waals surface area contributed by atoms with Crippen LogP contribution in [0.2, 0.25) is 0 Å². The van der Waals surface area contributed by atoms with E-state index < -0.39 is 60.9 Å². The average Bonchev–Trinajstić information content (AvgIpc) is 2.87. The normalized spacial score (nSPS) is 27.6. The summed E-state index contributed by atoms with van der Waals surface area (Å²) in [6, 6.07) is -0.362. The molecule has 0 aliphatic carbocycles. The number of primary amides is 1. The van der Waals surface area contributed by atoms with E-state index >= 15 is 0 Å². The van der Waals surface area contributed by atoms with E-state index in [4.69, 9.17) is 21.1 Å². The molecule has 0 aromatic carbocycles. The minimum Gasteiger partial charge on any atom is -0.480 e. The lowest BCUT2D eigenvalue weighted by atomic mass is 10.1. The molecule has 152 valence electrons. The summed E-state index contributed by atoms with van der Waals surface area (Å²) in [6.07, 6.45) is -5.68. The third-order valence-electron chi connectivity index (χ3n) is 3.93. The highest BCUT2D eigenvalue weighted by Crippen LogP contribution is 2.39. The van der Waals surface area contributed by atoms with E-state index in [-0.39, 0.29) is 5.82 Å². The molecule has 1 aliphatic heterocycles. The maximum Gasteiger partial charge on any atom is 0.351 e. The van der Waals surface area contributed by atoms with E-state index in [0.29, 0.717) is 4.57 Å². The van der Waals surface area contributed by atoms with Gasteiger partial charge in [-0.25, -0.2) is 14.0 Å². The first-order valence-electron chi connectivity index (χ1n) is 7.69. The molecule has 1 amide bonds. The zero-order chi connectivity index (χ0) is 21.1. The minimum atomic E-state index is -2.33. The number of aromatic nitrogens is 2. The monoisotopic (exact) mass is 401 g/mol. The minimum absolute atomic E-state index is 0.243. The Balaban J connectivity index is 2.29. The highest BCUT2D eigenvalue weighted by atomic mass is 19.1. The number of carbonyl (C=O) groups is 2. The van der Waals surface area contributed by atoms with Gasteiger partial charge >= 0.3 is 11.7 Å². The summed E-state index contributed by atoms with van der Waals surface area (Å²) in [4.78, 5) is 40.1. The van der Waals surface area contributed by atoms with Crippen LogP contribution in [0.5, 0.6) is 0 Å². The van der Waals surface area contributed by atoms with Crippen LogP contribution in [0.25, 0.3) is 10.4 Å². The largest absolute Gasteiger partial charge is 0.480 e. The van der Waals surface area contributed by atoms with E-state index in [1.165, 1.54) is 0 Å². The van der Waals surface area contributed by atoms with Gasteiger partial charge in [-0.3, -0.25) is 9.36 Å². The summed E-state index contributed by atoms with van der Waals surface area (Å²) in [5.41, 5.74) is 10.0. The van der Waals surface area contributed by atoms with Crippen molar-refractivity contribution < 1.29 is 34.0 Å². The molecule has 1 saturated heterocycles.